The van der Waals surface area contributed by atoms with E-state index in [4.69, 9.17) is 10.5 Å². The fraction of sp³-hybridized carbons (Fsp3) is 0.235. The van der Waals surface area contributed by atoms with Gasteiger partial charge in [-0.05, 0) is 35.9 Å². The van der Waals surface area contributed by atoms with Crippen LogP contribution in [-0.4, -0.2) is 19.1 Å². The molecule has 2 aromatic rings. The number of amides is 1. The molecule has 1 saturated heterocycles. The topological polar surface area (TPSA) is 55.6 Å². The summed E-state index contributed by atoms with van der Waals surface area (Å²) in [5.41, 5.74) is 5.96. The molecule has 1 aliphatic heterocycles. The Labute approximate surface area is 136 Å². The van der Waals surface area contributed by atoms with Crippen molar-refractivity contribution in [3.8, 4) is 5.75 Å². The van der Waals surface area contributed by atoms with Crippen LogP contribution in [0.3, 0.4) is 0 Å². The Hall–Kier alpha value is -2.54. The van der Waals surface area contributed by atoms with Gasteiger partial charge in [-0.1, -0.05) is 18.2 Å². The Morgan fingerprint density at radius 1 is 1.12 bits per heavy atom. The lowest BCUT2D eigenvalue weighted by Gasteiger charge is -2.45. The van der Waals surface area contributed by atoms with Crippen LogP contribution < -0.4 is 15.4 Å². The fourth-order valence-corrected chi connectivity index (χ4v) is 2.81. The van der Waals surface area contributed by atoms with Crippen molar-refractivity contribution in [1.82, 2.24) is 0 Å². The molecule has 3 rings (SSSR count). The van der Waals surface area contributed by atoms with Gasteiger partial charge in [0, 0.05) is 5.69 Å². The summed E-state index contributed by atoms with van der Waals surface area (Å²) in [6, 6.07) is 10.3. The van der Waals surface area contributed by atoms with Gasteiger partial charge < -0.3 is 15.4 Å². The summed E-state index contributed by atoms with van der Waals surface area (Å²) < 4.78 is 43.9. The molecule has 7 heteroatoms. The van der Waals surface area contributed by atoms with E-state index in [1.807, 2.05) is 0 Å². The van der Waals surface area contributed by atoms with Gasteiger partial charge in [0.25, 0.3) is 0 Å². The number of hydrogen-bond donors (Lipinski definition) is 1. The molecule has 0 saturated carbocycles. The van der Waals surface area contributed by atoms with Gasteiger partial charge in [0.2, 0.25) is 5.91 Å². The minimum Gasteiger partial charge on any atom is -0.497 e. The first kappa shape index (κ1) is 16.3. The summed E-state index contributed by atoms with van der Waals surface area (Å²) in [6.45, 7) is 0. The third kappa shape index (κ3) is 2.71. The van der Waals surface area contributed by atoms with E-state index in [-0.39, 0.29) is 5.69 Å². The monoisotopic (exact) mass is 336 g/mol. The van der Waals surface area contributed by atoms with E-state index < -0.39 is 29.7 Å². The Kier molecular flexibility index (Phi) is 3.96. The number of β-lactam (4-membered cyclic amide) rings is 1. The molecule has 2 atom stereocenters. The zero-order valence-electron chi connectivity index (χ0n) is 12.7. The highest BCUT2D eigenvalue weighted by atomic mass is 19.4. The van der Waals surface area contributed by atoms with Crippen LogP contribution in [0.2, 0.25) is 0 Å². The lowest BCUT2D eigenvalue weighted by atomic mass is 9.88. The second-order valence-corrected chi connectivity index (χ2v) is 5.50. The molecule has 126 valence electrons. The average molecular weight is 336 g/mol. The number of rotatable bonds is 3. The first-order valence-corrected chi connectivity index (χ1v) is 7.23. The highest BCUT2D eigenvalue weighted by molar-refractivity contribution is 6.05. The molecule has 1 fully saturated rings. The van der Waals surface area contributed by atoms with Crippen LogP contribution >= 0.6 is 0 Å². The third-order valence-corrected chi connectivity index (χ3v) is 4.03. The van der Waals surface area contributed by atoms with Gasteiger partial charge >= 0.3 is 6.18 Å². The predicted octanol–water partition coefficient (Wildman–Crippen LogP) is 3.13. The van der Waals surface area contributed by atoms with Gasteiger partial charge in [0.1, 0.15) is 11.8 Å². The van der Waals surface area contributed by atoms with E-state index in [1.54, 1.807) is 24.3 Å². The van der Waals surface area contributed by atoms with Crippen molar-refractivity contribution in [2.75, 3.05) is 12.0 Å². The summed E-state index contributed by atoms with van der Waals surface area (Å²) in [5, 5.41) is 0. The smallest absolute Gasteiger partial charge is 0.416 e. The summed E-state index contributed by atoms with van der Waals surface area (Å²) >= 11 is 0. The number of carbonyl (C=O) groups excluding carboxylic acids is 1. The molecule has 0 spiro atoms. The first-order chi connectivity index (χ1) is 11.3. The van der Waals surface area contributed by atoms with Crippen LogP contribution in [0, 0.1) is 0 Å². The number of alkyl halides is 3. The Bertz CT molecular complexity index is 776. The molecule has 0 unspecified atom stereocenters. The van der Waals surface area contributed by atoms with Crippen molar-refractivity contribution in [2.24, 2.45) is 5.73 Å². The lowest BCUT2D eigenvalue weighted by Crippen LogP contribution is -2.63. The number of ether oxygens (including phenoxy) is 1. The summed E-state index contributed by atoms with van der Waals surface area (Å²) in [6.07, 6.45) is -4.47. The van der Waals surface area contributed by atoms with Crippen LogP contribution in [0.5, 0.6) is 5.75 Å². The molecule has 1 aliphatic rings. The number of nitrogens with zero attached hydrogens (tertiary/aromatic N) is 1. The number of halogens is 3. The minimum atomic E-state index is -4.47. The molecule has 0 aromatic heterocycles. The standard InChI is InChI=1S/C17H15F3N2O2/c1-24-13-7-2-4-10(8-13)15-14(21)16(23)22(15)12-6-3-5-11(9-12)17(18,19)20/h2-9,14-15H,21H2,1H3/t14-,15-/m1/s1. The number of methoxy groups -OCH3 is 1. The maximum absolute atomic E-state index is 12.9. The first-order valence-electron chi connectivity index (χ1n) is 7.23. The molecule has 0 aliphatic carbocycles. The van der Waals surface area contributed by atoms with Crippen LogP contribution in [0.1, 0.15) is 17.2 Å². The molecule has 1 amide bonds. The van der Waals surface area contributed by atoms with Gasteiger partial charge in [0.05, 0.1) is 18.7 Å². The largest absolute Gasteiger partial charge is 0.497 e. The van der Waals surface area contributed by atoms with Gasteiger partial charge in [0.15, 0.2) is 0 Å². The normalized spacial score (nSPS) is 20.7. The number of nitrogens with two attached hydrogens (primary N) is 1. The second-order valence-electron chi connectivity index (χ2n) is 5.50. The van der Waals surface area contributed by atoms with Crippen LogP contribution in [0.15, 0.2) is 48.5 Å². The third-order valence-electron chi connectivity index (χ3n) is 4.03. The van der Waals surface area contributed by atoms with Gasteiger partial charge in [-0.3, -0.25) is 4.79 Å². The molecular formula is C17H15F3N2O2. The van der Waals surface area contributed by atoms with Gasteiger partial charge in [-0.2, -0.15) is 13.2 Å². The lowest BCUT2D eigenvalue weighted by molar-refractivity contribution is -0.137. The van der Waals surface area contributed by atoms with Crippen molar-refractivity contribution in [3.63, 3.8) is 0 Å². The Morgan fingerprint density at radius 3 is 2.50 bits per heavy atom. The molecule has 2 aromatic carbocycles. The van der Waals surface area contributed by atoms with Crippen molar-refractivity contribution >= 4 is 11.6 Å². The van der Waals surface area contributed by atoms with E-state index in [2.05, 4.69) is 0 Å². The molecule has 0 radical (unpaired) electrons. The summed E-state index contributed by atoms with van der Waals surface area (Å²) in [5.74, 6) is 0.171. The Morgan fingerprint density at radius 2 is 1.83 bits per heavy atom. The molecule has 2 N–H and O–H groups in total. The summed E-state index contributed by atoms with van der Waals surface area (Å²) in [7, 11) is 1.51. The number of hydrogen-bond acceptors (Lipinski definition) is 3. The molecule has 24 heavy (non-hydrogen) atoms. The van der Waals surface area contributed by atoms with Crippen molar-refractivity contribution < 1.29 is 22.7 Å². The van der Waals surface area contributed by atoms with Crippen molar-refractivity contribution in [3.05, 3.63) is 59.7 Å². The molecule has 4 nitrogen and oxygen atoms in total. The number of benzene rings is 2. The quantitative estimate of drug-likeness (QED) is 0.876. The highest BCUT2D eigenvalue weighted by Gasteiger charge is 2.47. The van der Waals surface area contributed by atoms with Crippen molar-refractivity contribution in [1.29, 1.82) is 0 Å². The molecule has 0 bridgehead atoms. The van der Waals surface area contributed by atoms with E-state index in [0.717, 1.165) is 12.1 Å². The van der Waals surface area contributed by atoms with Crippen molar-refractivity contribution in [2.45, 2.75) is 18.3 Å². The van der Waals surface area contributed by atoms with Crippen LogP contribution in [0.25, 0.3) is 0 Å². The maximum atomic E-state index is 12.9. The second kappa shape index (κ2) is 5.83. The zero-order chi connectivity index (χ0) is 17.5. The molecule has 1 heterocycles. The van der Waals surface area contributed by atoms with E-state index >= 15 is 0 Å². The minimum absolute atomic E-state index is 0.171. The SMILES string of the molecule is COc1cccc([C@@H]2[C@@H](N)C(=O)N2c2cccc(C(F)(F)F)c2)c1. The average Bonchev–Trinajstić information content (AvgIpc) is 2.58. The fourth-order valence-electron chi connectivity index (χ4n) is 2.81. The van der Waals surface area contributed by atoms with Gasteiger partial charge in [-0.25, -0.2) is 0 Å². The zero-order valence-corrected chi connectivity index (χ0v) is 12.7. The van der Waals surface area contributed by atoms with E-state index in [0.29, 0.717) is 11.3 Å². The Balaban J connectivity index is 1.98. The predicted molar refractivity (Wildman–Crippen MR) is 82.6 cm³/mol. The number of carbonyl (C=O) groups is 1. The summed E-state index contributed by atoms with van der Waals surface area (Å²) in [4.78, 5) is 13.4. The van der Waals surface area contributed by atoms with Crippen LogP contribution in [-0.2, 0) is 11.0 Å². The molecular weight excluding hydrogens is 321 g/mol. The van der Waals surface area contributed by atoms with E-state index in [9.17, 15) is 18.0 Å². The maximum Gasteiger partial charge on any atom is 0.416 e. The highest BCUT2D eigenvalue weighted by Crippen LogP contribution is 2.40. The van der Waals surface area contributed by atoms with Crippen LogP contribution in [0.4, 0.5) is 18.9 Å². The van der Waals surface area contributed by atoms with Gasteiger partial charge in [-0.15, -0.1) is 0 Å². The number of anilines is 1. The van der Waals surface area contributed by atoms with E-state index in [1.165, 1.54) is 24.1 Å².